The molecule has 0 atom stereocenters. The summed E-state index contributed by atoms with van der Waals surface area (Å²) in [4.78, 5) is 15.2. The standard InChI is InChI=1S/C18H11FN4O3S2/c19-13-5-9(1-2-10(13)7-20)14-8-28-18(22-14)23-17(27)21-11-3-4-12(16(25)26)15(24)6-11/h1-6,8,24H,(H,25,26)(H2,21,22,23,27). The molecule has 0 aliphatic carbocycles. The lowest BCUT2D eigenvalue weighted by atomic mass is 10.1. The summed E-state index contributed by atoms with van der Waals surface area (Å²) in [6.07, 6.45) is 0. The van der Waals surface area contributed by atoms with E-state index in [4.69, 9.17) is 22.6 Å². The van der Waals surface area contributed by atoms with Crippen LogP contribution in [0.2, 0.25) is 0 Å². The number of carboxylic acids is 1. The zero-order valence-electron chi connectivity index (χ0n) is 13.9. The molecule has 1 heterocycles. The Kier molecular flexibility index (Phi) is 5.49. The van der Waals surface area contributed by atoms with E-state index in [2.05, 4.69) is 15.6 Å². The molecule has 0 radical (unpaired) electrons. The van der Waals surface area contributed by atoms with Gasteiger partial charge in [-0.1, -0.05) is 6.07 Å². The Morgan fingerprint density at radius 1 is 1.25 bits per heavy atom. The Labute approximate surface area is 167 Å². The van der Waals surface area contributed by atoms with E-state index in [9.17, 15) is 14.3 Å². The number of aromatic carboxylic acids is 1. The molecule has 0 saturated heterocycles. The number of rotatable bonds is 4. The van der Waals surface area contributed by atoms with E-state index in [0.717, 1.165) is 0 Å². The van der Waals surface area contributed by atoms with Gasteiger partial charge in [-0.2, -0.15) is 5.26 Å². The predicted octanol–water partition coefficient (Wildman–Crippen LogP) is 4.03. The van der Waals surface area contributed by atoms with Crippen LogP contribution < -0.4 is 10.6 Å². The molecule has 10 heteroatoms. The van der Waals surface area contributed by atoms with Crippen molar-refractivity contribution in [1.82, 2.24) is 4.98 Å². The van der Waals surface area contributed by atoms with E-state index in [1.54, 1.807) is 17.5 Å². The fourth-order valence-electron chi connectivity index (χ4n) is 2.28. The minimum atomic E-state index is -1.24. The van der Waals surface area contributed by atoms with Gasteiger partial charge in [0.15, 0.2) is 10.2 Å². The number of carboxylic acid groups (broad SMARTS) is 1. The lowest BCUT2D eigenvalue weighted by molar-refractivity contribution is 0.0694. The number of phenols is 1. The molecule has 28 heavy (non-hydrogen) atoms. The molecule has 4 N–H and O–H groups in total. The summed E-state index contributed by atoms with van der Waals surface area (Å²) in [6.45, 7) is 0. The molecule has 0 aliphatic heterocycles. The van der Waals surface area contributed by atoms with Crippen LogP contribution in [0.15, 0.2) is 41.8 Å². The minimum Gasteiger partial charge on any atom is -0.507 e. The average molecular weight is 414 g/mol. The summed E-state index contributed by atoms with van der Waals surface area (Å²) in [7, 11) is 0. The van der Waals surface area contributed by atoms with Crippen LogP contribution in [0, 0.1) is 17.1 Å². The van der Waals surface area contributed by atoms with Crippen molar-refractivity contribution in [2.24, 2.45) is 0 Å². The first-order chi connectivity index (χ1) is 13.4. The Hall–Kier alpha value is -3.55. The molecule has 0 spiro atoms. The number of halogens is 1. The maximum Gasteiger partial charge on any atom is 0.339 e. The van der Waals surface area contributed by atoms with Gasteiger partial charge in [-0.25, -0.2) is 14.2 Å². The van der Waals surface area contributed by atoms with E-state index in [-0.39, 0.29) is 22.0 Å². The van der Waals surface area contributed by atoms with Crippen molar-refractivity contribution in [1.29, 1.82) is 5.26 Å². The second-order valence-electron chi connectivity index (χ2n) is 5.46. The molecule has 0 unspecified atom stereocenters. The number of hydrogen-bond acceptors (Lipinski definition) is 6. The number of aromatic nitrogens is 1. The highest BCUT2D eigenvalue weighted by Crippen LogP contribution is 2.27. The van der Waals surface area contributed by atoms with Crippen molar-refractivity contribution < 1.29 is 19.4 Å². The largest absolute Gasteiger partial charge is 0.507 e. The molecule has 3 rings (SSSR count). The first kappa shape index (κ1) is 19.2. The monoisotopic (exact) mass is 414 g/mol. The van der Waals surface area contributed by atoms with Crippen molar-refractivity contribution in [3.63, 3.8) is 0 Å². The molecule has 1 aromatic heterocycles. The number of thiazole rings is 1. The number of nitrogens with zero attached hydrogens (tertiary/aromatic N) is 2. The van der Waals surface area contributed by atoms with Gasteiger partial charge < -0.3 is 20.8 Å². The topological polar surface area (TPSA) is 118 Å². The van der Waals surface area contributed by atoms with Gasteiger partial charge in [0, 0.05) is 22.7 Å². The number of carbonyl (C=O) groups is 1. The third kappa shape index (κ3) is 4.22. The first-order valence-corrected chi connectivity index (χ1v) is 8.96. The van der Waals surface area contributed by atoms with Crippen LogP contribution in [0.5, 0.6) is 5.75 Å². The third-order valence-electron chi connectivity index (χ3n) is 3.60. The van der Waals surface area contributed by atoms with Gasteiger partial charge in [-0.15, -0.1) is 11.3 Å². The van der Waals surface area contributed by atoms with Crippen LogP contribution >= 0.6 is 23.6 Å². The summed E-state index contributed by atoms with van der Waals surface area (Å²) in [5.74, 6) is -2.25. The molecular weight excluding hydrogens is 403 g/mol. The Morgan fingerprint density at radius 2 is 2.04 bits per heavy atom. The molecule has 0 saturated carbocycles. The number of thiocarbonyl (C=S) groups is 1. The van der Waals surface area contributed by atoms with Gasteiger partial charge in [-0.3, -0.25) is 0 Å². The summed E-state index contributed by atoms with van der Waals surface area (Å²) in [6, 6.07) is 9.94. The normalized spacial score (nSPS) is 10.1. The van der Waals surface area contributed by atoms with E-state index < -0.39 is 11.8 Å². The van der Waals surface area contributed by atoms with Gasteiger partial charge >= 0.3 is 5.97 Å². The highest BCUT2D eigenvalue weighted by Gasteiger charge is 2.12. The van der Waals surface area contributed by atoms with Gasteiger partial charge in [0.2, 0.25) is 0 Å². The lowest BCUT2D eigenvalue weighted by Crippen LogP contribution is -2.19. The quantitative estimate of drug-likeness (QED) is 0.473. The lowest BCUT2D eigenvalue weighted by Gasteiger charge is -2.09. The first-order valence-electron chi connectivity index (χ1n) is 7.67. The zero-order chi connectivity index (χ0) is 20.3. The average Bonchev–Trinajstić information content (AvgIpc) is 3.09. The van der Waals surface area contributed by atoms with Crippen molar-refractivity contribution in [2.75, 3.05) is 10.6 Å². The van der Waals surface area contributed by atoms with Gasteiger partial charge in [0.05, 0.1) is 11.3 Å². The van der Waals surface area contributed by atoms with Crippen molar-refractivity contribution in [3.8, 4) is 23.1 Å². The molecule has 0 amide bonds. The van der Waals surface area contributed by atoms with Crippen LogP contribution in [0.25, 0.3) is 11.3 Å². The highest BCUT2D eigenvalue weighted by molar-refractivity contribution is 7.80. The van der Waals surface area contributed by atoms with Crippen LogP contribution in [0.4, 0.5) is 15.2 Å². The Bertz CT molecular complexity index is 1120. The molecule has 0 fully saturated rings. The molecule has 3 aromatic rings. The van der Waals surface area contributed by atoms with Crippen LogP contribution in [0.3, 0.4) is 0 Å². The molecule has 0 aliphatic rings. The maximum atomic E-state index is 13.8. The van der Waals surface area contributed by atoms with Crippen LogP contribution in [-0.4, -0.2) is 26.3 Å². The summed E-state index contributed by atoms with van der Waals surface area (Å²) in [5, 5.41) is 35.4. The van der Waals surface area contributed by atoms with E-state index in [1.807, 2.05) is 0 Å². The third-order valence-corrected chi connectivity index (χ3v) is 4.56. The minimum absolute atomic E-state index is 0.0418. The SMILES string of the molecule is N#Cc1ccc(-c2csc(NC(=S)Nc3ccc(C(=O)O)c(O)c3)n2)cc1F. The number of aromatic hydroxyl groups is 1. The van der Waals surface area contributed by atoms with E-state index >= 15 is 0 Å². The van der Waals surface area contributed by atoms with Gasteiger partial charge in [0.1, 0.15) is 23.2 Å². The van der Waals surface area contributed by atoms with E-state index in [0.29, 0.717) is 22.1 Å². The summed E-state index contributed by atoms with van der Waals surface area (Å²) >= 11 is 6.42. The van der Waals surface area contributed by atoms with Gasteiger partial charge in [-0.05, 0) is 36.5 Å². The molecule has 2 aromatic carbocycles. The van der Waals surface area contributed by atoms with Crippen molar-refractivity contribution in [3.05, 3.63) is 58.7 Å². The van der Waals surface area contributed by atoms with Crippen LogP contribution in [0.1, 0.15) is 15.9 Å². The number of nitrogens with one attached hydrogen (secondary N) is 2. The maximum absolute atomic E-state index is 13.8. The second-order valence-corrected chi connectivity index (χ2v) is 6.73. The fraction of sp³-hybridized carbons (Fsp3) is 0. The number of benzene rings is 2. The van der Waals surface area contributed by atoms with Crippen molar-refractivity contribution in [2.45, 2.75) is 0 Å². The van der Waals surface area contributed by atoms with Gasteiger partial charge in [0.25, 0.3) is 0 Å². The number of anilines is 2. The molecule has 7 nitrogen and oxygen atoms in total. The Balaban J connectivity index is 1.69. The smallest absolute Gasteiger partial charge is 0.339 e. The second kappa shape index (κ2) is 7.99. The number of nitriles is 1. The van der Waals surface area contributed by atoms with Crippen molar-refractivity contribution >= 4 is 45.5 Å². The fourth-order valence-corrected chi connectivity index (χ4v) is 3.28. The summed E-state index contributed by atoms with van der Waals surface area (Å²) in [5.41, 5.74) is 1.17. The molecule has 0 bridgehead atoms. The summed E-state index contributed by atoms with van der Waals surface area (Å²) < 4.78 is 13.8. The Morgan fingerprint density at radius 3 is 2.68 bits per heavy atom. The number of hydrogen-bond donors (Lipinski definition) is 4. The zero-order valence-corrected chi connectivity index (χ0v) is 15.6. The highest BCUT2D eigenvalue weighted by atomic mass is 32.1. The predicted molar refractivity (Wildman–Crippen MR) is 107 cm³/mol. The van der Waals surface area contributed by atoms with E-state index in [1.165, 1.54) is 41.7 Å². The van der Waals surface area contributed by atoms with Crippen LogP contribution in [-0.2, 0) is 0 Å². The molecular formula is C18H11FN4O3S2. The molecule has 140 valence electrons.